The van der Waals surface area contributed by atoms with Crippen LogP contribution in [0.15, 0.2) is 48.5 Å². The molecule has 0 saturated carbocycles. The molecule has 2 rings (SSSR count). The average molecular weight is 414 g/mol. The van der Waals surface area contributed by atoms with E-state index in [0.29, 0.717) is 16.9 Å². The highest BCUT2D eigenvalue weighted by Crippen LogP contribution is 2.32. The van der Waals surface area contributed by atoms with Crippen LogP contribution in [0, 0.1) is 5.92 Å². The second kappa shape index (κ2) is 10.8. The number of ether oxygens (including phenoxy) is 2. The summed E-state index contributed by atoms with van der Waals surface area (Å²) in [6.07, 6.45) is -0.742. The lowest BCUT2D eigenvalue weighted by molar-refractivity contribution is -0.142. The number of hydrogen-bond donors (Lipinski definition) is 2. The number of rotatable bonds is 10. The normalized spacial score (nSPS) is 11.4. The lowest BCUT2D eigenvalue weighted by atomic mass is 10.0. The van der Waals surface area contributed by atoms with Gasteiger partial charge in [0.05, 0.1) is 12.8 Å². The van der Waals surface area contributed by atoms with Crippen LogP contribution in [0.1, 0.15) is 32.6 Å². The zero-order valence-corrected chi connectivity index (χ0v) is 16.4. The van der Waals surface area contributed by atoms with E-state index < -0.39 is 23.9 Å². The van der Waals surface area contributed by atoms with E-state index in [1.165, 1.54) is 0 Å². The van der Waals surface area contributed by atoms with Crippen LogP contribution in [0.25, 0.3) is 11.1 Å². The summed E-state index contributed by atoms with van der Waals surface area (Å²) in [7, 11) is 0. The molecule has 0 saturated heterocycles. The Hall–Kier alpha value is -3.68. The third-order valence-corrected chi connectivity index (χ3v) is 4.07. The summed E-state index contributed by atoms with van der Waals surface area (Å²) in [6, 6.07) is 13.3. The summed E-state index contributed by atoms with van der Waals surface area (Å²) in [5, 5.41) is 17.5. The van der Waals surface area contributed by atoms with Crippen molar-refractivity contribution in [3.63, 3.8) is 0 Å². The average Bonchev–Trinajstić information content (AvgIpc) is 2.66. The molecule has 0 radical (unpaired) electrons. The number of carboxylic acids is 2. The Bertz CT molecular complexity index is 934. The van der Waals surface area contributed by atoms with Gasteiger partial charge < -0.3 is 19.7 Å². The van der Waals surface area contributed by atoms with Gasteiger partial charge in [0.2, 0.25) is 0 Å². The van der Waals surface area contributed by atoms with E-state index in [1.54, 1.807) is 55.5 Å². The van der Waals surface area contributed by atoms with E-state index in [1.807, 2.05) is 0 Å². The molecule has 0 bridgehead atoms. The molecule has 2 aromatic carbocycles. The Morgan fingerprint density at radius 1 is 0.833 bits per heavy atom. The number of aliphatic carboxylic acids is 2. The first-order chi connectivity index (χ1) is 14.2. The highest BCUT2D eigenvalue weighted by atomic mass is 16.5. The molecule has 2 N–H and O–H groups in total. The van der Waals surface area contributed by atoms with Crippen LogP contribution in [0.4, 0.5) is 0 Å². The number of benzene rings is 2. The third-order valence-electron chi connectivity index (χ3n) is 4.07. The van der Waals surface area contributed by atoms with Crippen molar-refractivity contribution in [2.24, 2.45) is 5.92 Å². The first kappa shape index (κ1) is 22.6. The van der Waals surface area contributed by atoms with Crippen LogP contribution in [-0.4, -0.2) is 34.1 Å². The molecule has 0 aliphatic heterocycles. The monoisotopic (exact) mass is 414 g/mol. The van der Waals surface area contributed by atoms with E-state index in [4.69, 9.17) is 19.7 Å². The standard InChI is InChI=1S/C22H22O8/c1-14(11-20(25)26)12-22(28)30-18-8-3-2-7-17(18)15-5-4-6-16(13-15)29-21(27)10-9-19(23)24/h2-8,13-14H,9-12H2,1H3,(H,23,24)(H,25,26). The van der Waals surface area contributed by atoms with Crippen molar-refractivity contribution in [3.05, 3.63) is 48.5 Å². The zero-order valence-electron chi connectivity index (χ0n) is 16.4. The number of esters is 2. The van der Waals surface area contributed by atoms with Crippen LogP contribution >= 0.6 is 0 Å². The Labute approximate surface area is 173 Å². The van der Waals surface area contributed by atoms with Crippen molar-refractivity contribution in [1.29, 1.82) is 0 Å². The molecule has 0 amide bonds. The Morgan fingerprint density at radius 2 is 1.57 bits per heavy atom. The molecule has 8 nitrogen and oxygen atoms in total. The molecule has 30 heavy (non-hydrogen) atoms. The van der Waals surface area contributed by atoms with Crippen LogP contribution in [-0.2, 0) is 19.2 Å². The number of carbonyl (C=O) groups excluding carboxylic acids is 2. The SMILES string of the molecule is CC(CC(=O)O)CC(=O)Oc1ccccc1-c1cccc(OC(=O)CCC(=O)O)c1. The van der Waals surface area contributed by atoms with E-state index in [2.05, 4.69) is 0 Å². The molecular formula is C22H22O8. The quantitative estimate of drug-likeness (QED) is 0.446. The second-order valence-corrected chi connectivity index (χ2v) is 6.77. The predicted molar refractivity (Wildman–Crippen MR) is 106 cm³/mol. The van der Waals surface area contributed by atoms with Gasteiger partial charge in [-0.3, -0.25) is 19.2 Å². The highest BCUT2D eigenvalue weighted by molar-refractivity contribution is 5.80. The fraction of sp³-hybridized carbons (Fsp3) is 0.273. The number of carboxylic acid groups (broad SMARTS) is 2. The summed E-state index contributed by atoms with van der Waals surface area (Å²) in [5.41, 5.74) is 1.21. The maximum atomic E-state index is 12.2. The summed E-state index contributed by atoms with van der Waals surface area (Å²) in [4.78, 5) is 45.3. The third kappa shape index (κ3) is 7.38. The maximum Gasteiger partial charge on any atom is 0.311 e. The minimum atomic E-state index is -1.09. The molecular weight excluding hydrogens is 392 g/mol. The van der Waals surface area contributed by atoms with Crippen LogP contribution < -0.4 is 9.47 Å². The van der Waals surface area contributed by atoms with Gasteiger partial charge in [-0.25, -0.2) is 0 Å². The number of para-hydroxylation sites is 1. The van der Waals surface area contributed by atoms with Crippen LogP contribution in [0.2, 0.25) is 0 Å². The van der Waals surface area contributed by atoms with Gasteiger partial charge in [-0.05, 0) is 29.7 Å². The lowest BCUT2D eigenvalue weighted by Crippen LogP contribution is -2.15. The Kier molecular flexibility index (Phi) is 8.10. The summed E-state index contributed by atoms with van der Waals surface area (Å²) >= 11 is 0. The largest absolute Gasteiger partial charge is 0.481 e. The van der Waals surface area contributed by atoms with Gasteiger partial charge in [-0.1, -0.05) is 37.3 Å². The van der Waals surface area contributed by atoms with E-state index in [9.17, 15) is 19.2 Å². The fourth-order valence-corrected chi connectivity index (χ4v) is 2.73. The van der Waals surface area contributed by atoms with Gasteiger partial charge in [-0.15, -0.1) is 0 Å². The van der Waals surface area contributed by atoms with Crippen LogP contribution in [0.3, 0.4) is 0 Å². The van der Waals surface area contributed by atoms with E-state index in [0.717, 1.165) is 0 Å². The molecule has 8 heteroatoms. The molecule has 1 unspecified atom stereocenters. The summed E-state index contributed by atoms with van der Waals surface area (Å²) in [5.74, 6) is -3.12. The van der Waals surface area contributed by atoms with Crippen molar-refractivity contribution >= 4 is 23.9 Å². The predicted octanol–water partition coefficient (Wildman–Crippen LogP) is 3.53. The van der Waals surface area contributed by atoms with Crippen LogP contribution in [0.5, 0.6) is 11.5 Å². The lowest BCUT2D eigenvalue weighted by Gasteiger charge is -2.13. The molecule has 0 aliphatic carbocycles. The Morgan fingerprint density at radius 3 is 2.27 bits per heavy atom. The van der Waals surface area contributed by atoms with Gasteiger partial charge in [0.1, 0.15) is 11.5 Å². The molecule has 0 spiro atoms. The number of carbonyl (C=O) groups is 4. The van der Waals surface area contributed by atoms with Gasteiger partial charge in [0.15, 0.2) is 0 Å². The van der Waals surface area contributed by atoms with Gasteiger partial charge in [0.25, 0.3) is 0 Å². The zero-order chi connectivity index (χ0) is 22.1. The molecule has 0 fully saturated rings. The van der Waals surface area contributed by atoms with Crippen molar-refractivity contribution < 1.29 is 38.9 Å². The van der Waals surface area contributed by atoms with Crippen molar-refractivity contribution in [2.45, 2.75) is 32.6 Å². The summed E-state index contributed by atoms with van der Waals surface area (Å²) in [6.45, 7) is 1.66. The number of hydrogen-bond acceptors (Lipinski definition) is 6. The first-order valence-corrected chi connectivity index (χ1v) is 9.29. The van der Waals surface area contributed by atoms with Gasteiger partial charge in [0, 0.05) is 18.4 Å². The highest BCUT2D eigenvalue weighted by Gasteiger charge is 2.16. The smallest absolute Gasteiger partial charge is 0.311 e. The van der Waals surface area contributed by atoms with E-state index >= 15 is 0 Å². The molecule has 0 heterocycles. The van der Waals surface area contributed by atoms with E-state index in [-0.39, 0.29) is 37.4 Å². The minimum absolute atomic E-state index is 0.0398. The van der Waals surface area contributed by atoms with Crippen molar-refractivity contribution in [1.82, 2.24) is 0 Å². The molecule has 0 aromatic heterocycles. The molecule has 2 aromatic rings. The van der Waals surface area contributed by atoms with Gasteiger partial charge >= 0.3 is 23.9 Å². The van der Waals surface area contributed by atoms with Crippen molar-refractivity contribution in [2.75, 3.05) is 0 Å². The first-order valence-electron chi connectivity index (χ1n) is 9.29. The second-order valence-electron chi connectivity index (χ2n) is 6.77. The molecule has 158 valence electrons. The molecule has 1 atom stereocenters. The summed E-state index contributed by atoms with van der Waals surface area (Å²) < 4.78 is 10.6. The topological polar surface area (TPSA) is 127 Å². The Balaban J connectivity index is 2.13. The fourth-order valence-electron chi connectivity index (χ4n) is 2.73. The van der Waals surface area contributed by atoms with Gasteiger partial charge in [-0.2, -0.15) is 0 Å². The maximum absolute atomic E-state index is 12.2. The minimum Gasteiger partial charge on any atom is -0.481 e. The van der Waals surface area contributed by atoms with Crippen molar-refractivity contribution in [3.8, 4) is 22.6 Å². The molecule has 0 aliphatic rings.